The van der Waals surface area contributed by atoms with Gasteiger partial charge in [-0.15, -0.1) is 0 Å². The van der Waals surface area contributed by atoms with Gasteiger partial charge >= 0.3 is 6.18 Å². The largest absolute Gasteiger partial charge is 0.416 e. The van der Waals surface area contributed by atoms with Gasteiger partial charge in [0.05, 0.1) is 16.9 Å². The number of anilines is 1. The summed E-state index contributed by atoms with van der Waals surface area (Å²) in [5, 5.41) is 4.44. The van der Waals surface area contributed by atoms with E-state index in [1.54, 1.807) is 21.7 Å². The molecule has 8 heteroatoms. The summed E-state index contributed by atoms with van der Waals surface area (Å²) in [7, 11) is 0. The molecule has 3 aromatic rings. The van der Waals surface area contributed by atoms with E-state index < -0.39 is 11.7 Å². The van der Waals surface area contributed by atoms with Crippen LogP contribution in [0.4, 0.5) is 18.9 Å². The number of aromatic nitrogens is 2. The van der Waals surface area contributed by atoms with Crippen molar-refractivity contribution < 1.29 is 18.0 Å². The number of para-hydroxylation sites is 1. The summed E-state index contributed by atoms with van der Waals surface area (Å²) in [4.78, 5) is 16.7. The van der Waals surface area contributed by atoms with E-state index in [1.165, 1.54) is 6.07 Å². The van der Waals surface area contributed by atoms with E-state index in [9.17, 15) is 18.0 Å². The molecule has 5 nitrogen and oxygen atoms in total. The molecule has 1 amide bonds. The van der Waals surface area contributed by atoms with Crippen LogP contribution in [0.3, 0.4) is 0 Å². The molecule has 1 aromatic heterocycles. The van der Waals surface area contributed by atoms with Crippen molar-refractivity contribution in [3.05, 3.63) is 77.6 Å². The average molecular weight is 414 g/mol. The Bertz CT molecular complexity index is 1040. The number of aryl methyl sites for hydroxylation is 1. The molecule has 0 aliphatic carbocycles. The van der Waals surface area contributed by atoms with Crippen molar-refractivity contribution in [2.75, 3.05) is 31.1 Å². The standard InChI is InChI=1S/C22H21F3N4O/c1-16-14-20(29(26-16)18-7-3-2-4-8-18)21(30)28-12-10-27(11-13-28)19-9-5-6-17(15-19)22(23,24)25/h2-9,14-15H,10-13H2,1H3. The van der Waals surface area contributed by atoms with Crippen LogP contribution in [0.1, 0.15) is 21.7 Å². The van der Waals surface area contributed by atoms with E-state index in [1.807, 2.05) is 42.2 Å². The van der Waals surface area contributed by atoms with Crippen LogP contribution in [-0.4, -0.2) is 46.8 Å². The van der Waals surface area contributed by atoms with E-state index in [4.69, 9.17) is 0 Å². The second kappa shape index (κ2) is 7.85. The van der Waals surface area contributed by atoms with Crippen LogP contribution in [-0.2, 0) is 6.18 Å². The molecule has 1 saturated heterocycles. The first-order chi connectivity index (χ1) is 14.3. The molecule has 0 saturated carbocycles. The van der Waals surface area contributed by atoms with Gasteiger partial charge in [-0.2, -0.15) is 18.3 Å². The molecule has 2 aromatic carbocycles. The van der Waals surface area contributed by atoms with Gasteiger partial charge in [0.25, 0.3) is 5.91 Å². The van der Waals surface area contributed by atoms with Crippen LogP contribution < -0.4 is 4.90 Å². The Labute approximate surface area is 172 Å². The maximum absolute atomic E-state index is 13.1. The normalized spacial score (nSPS) is 14.8. The van der Waals surface area contributed by atoms with Crippen LogP contribution in [0.25, 0.3) is 5.69 Å². The molecule has 30 heavy (non-hydrogen) atoms. The molecular formula is C22H21F3N4O. The highest BCUT2D eigenvalue weighted by atomic mass is 19.4. The number of benzene rings is 2. The number of amides is 1. The van der Waals surface area contributed by atoms with Gasteiger partial charge in [0.1, 0.15) is 5.69 Å². The van der Waals surface area contributed by atoms with E-state index in [0.29, 0.717) is 37.6 Å². The molecule has 0 spiro atoms. The summed E-state index contributed by atoms with van der Waals surface area (Å²) in [5.74, 6) is -0.136. The minimum absolute atomic E-state index is 0.136. The fraction of sp³-hybridized carbons (Fsp3) is 0.273. The number of hydrogen-bond donors (Lipinski definition) is 0. The highest BCUT2D eigenvalue weighted by Crippen LogP contribution is 2.32. The second-order valence-electron chi connectivity index (χ2n) is 7.25. The van der Waals surface area contributed by atoms with Gasteiger partial charge in [-0.05, 0) is 43.3 Å². The molecule has 1 aliphatic heterocycles. The second-order valence-corrected chi connectivity index (χ2v) is 7.25. The molecule has 4 rings (SSSR count). The zero-order valence-electron chi connectivity index (χ0n) is 16.4. The quantitative estimate of drug-likeness (QED) is 0.646. The highest BCUT2D eigenvalue weighted by Gasteiger charge is 2.31. The van der Waals surface area contributed by atoms with Crippen molar-refractivity contribution in [2.24, 2.45) is 0 Å². The first kappa shape index (κ1) is 20.0. The van der Waals surface area contributed by atoms with Gasteiger partial charge in [-0.3, -0.25) is 4.79 Å². The maximum atomic E-state index is 13.1. The van der Waals surface area contributed by atoms with Gasteiger partial charge < -0.3 is 9.80 Å². The molecule has 0 atom stereocenters. The van der Waals surface area contributed by atoms with Crippen molar-refractivity contribution in [3.63, 3.8) is 0 Å². The molecule has 1 aliphatic rings. The Morgan fingerprint density at radius 3 is 2.23 bits per heavy atom. The van der Waals surface area contributed by atoms with E-state index in [2.05, 4.69) is 5.10 Å². The molecule has 156 valence electrons. The van der Waals surface area contributed by atoms with E-state index in [0.717, 1.165) is 23.5 Å². The topological polar surface area (TPSA) is 41.4 Å². The number of alkyl halides is 3. The number of carbonyl (C=O) groups excluding carboxylic acids is 1. The van der Waals surface area contributed by atoms with Crippen LogP contribution in [0.15, 0.2) is 60.7 Å². The lowest BCUT2D eigenvalue weighted by molar-refractivity contribution is -0.137. The van der Waals surface area contributed by atoms with Crippen LogP contribution in [0.2, 0.25) is 0 Å². The number of piperazine rings is 1. The maximum Gasteiger partial charge on any atom is 0.416 e. The Morgan fingerprint density at radius 1 is 0.900 bits per heavy atom. The number of hydrogen-bond acceptors (Lipinski definition) is 3. The molecule has 0 unspecified atom stereocenters. The minimum Gasteiger partial charge on any atom is -0.368 e. The fourth-order valence-corrected chi connectivity index (χ4v) is 3.63. The predicted molar refractivity (Wildman–Crippen MR) is 108 cm³/mol. The third kappa shape index (κ3) is 4.03. The van der Waals surface area contributed by atoms with Crippen molar-refractivity contribution >= 4 is 11.6 Å². The molecule has 0 N–H and O–H groups in total. The van der Waals surface area contributed by atoms with Crippen molar-refractivity contribution in [3.8, 4) is 5.69 Å². The van der Waals surface area contributed by atoms with E-state index >= 15 is 0 Å². The molecule has 1 fully saturated rings. The fourth-order valence-electron chi connectivity index (χ4n) is 3.63. The first-order valence-corrected chi connectivity index (χ1v) is 9.66. The lowest BCUT2D eigenvalue weighted by Gasteiger charge is -2.36. The van der Waals surface area contributed by atoms with Crippen LogP contribution in [0.5, 0.6) is 0 Å². The summed E-state index contributed by atoms with van der Waals surface area (Å²) in [5.41, 5.74) is 1.87. The number of rotatable bonds is 3. The van der Waals surface area contributed by atoms with Crippen molar-refractivity contribution in [1.82, 2.24) is 14.7 Å². The average Bonchev–Trinajstić information content (AvgIpc) is 3.15. The van der Waals surface area contributed by atoms with Gasteiger partial charge in [0.2, 0.25) is 0 Å². The van der Waals surface area contributed by atoms with Crippen molar-refractivity contribution in [1.29, 1.82) is 0 Å². The van der Waals surface area contributed by atoms with Crippen LogP contribution in [0, 0.1) is 6.92 Å². The van der Waals surface area contributed by atoms with Gasteiger partial charge in [0, 0.05) is 31.9 Å². The Hall–Kier alpha value is -3.29. The lowest BCUT2D eigenvalue weighted by Crippen LogP contribution is -2.49. The Kier molecular flexibility index (Phi) is 5.24. The SMILES string of the molecule is Cc1cc(C(=O)N2CCN(c3cccc(C(F)(F)F)c3)CC2)n(-c2ccccc2)n1. The predicted octanol–water partition coefficient (Wildman–Crippen LogP) is 4.16. The molecule has 0 bridgehead atoms. The molecular weight excluding hydrogens is 393 g/mol. The zero-order valence-corrected chi connectivity index (χ0v) is 16.4. The number of carbonyl (C=O) groups is 1. The molecule has 2 heterocycles. The highest BCUT2D eigenvalue weighted by molar-refractivity contribution is 5.93. The third-order valence-electron chi connectivity index (χ3n) is 5.16. The van der Waals surface area contributed by atoms with E-state index in [-0.39, 0.29) is 5.91 Å². The van der Waals surface area contributed by atoms with Crippen LogP contribution >= 0.6 is 0 Å². The summed E-state index contributed by atoms with van der Waals surface area (Å²) in [6.07, 6.45) is -4.37. The zero-order chi connectivity index (χ0) is 21.3. The van der Waals surface area contributed by atoms with Gasteiger partial charge in [-0.1, -0.05) is 24.3 Å². The monoisotopic (exact) mass is 414 g/mol. The Balaban J connectivity index is 1.49. The first-order valence-electron chi connectivity index (χ1n) is 9.66. The lowest BCUT2D eigenvalue weighted by atomic mass is 10.1. The van der Waals surface area contributed by atoms with Gasteiger partial charge in [0.15, 0.2) is 0 Å². The molecule has 0 radical (unpaired) electrons. The minimum atomic E-state index is -4.37. The number of nitrogens with zero attached hydrogens (tertiary/aromatic N) is 4. The summed E-state index contributed by atoms with van der Waals surface area (Å²) in [6.45, 7) is 3.61. The summed E-state index contributed by atoms with van der Waals surface area (Å²) >= 11 is 0. The Morgan fingerprint density at radius 2 is 1.57 bits per heavy atom. The van der Waals surface area contributed by atoms with Crippen molar-refractivity contribution in [2.45, 2.75) is 13.1 Å². The summed E-state index contributed by atoms with van der Waals surface area (Å²) < 4.78 is 40.6. The number of halogens is 3. The third-order valence-corrected chi connectivity index (χ3v) is 5.16. The van der Waals surface area contributed by atoms with Gasteiger partial charge in [-0.25, -0.2) is 4.68 Å². The summed E-state index contributed by atoms with van der Waals surface area (Å²) in [6, 6.07) is 16.5. The smallest absolute Gasteiger partial charge is 0.368 e.